The number of hydrogen-bond donors (Lipinski definition) is 2. The van der Waals surface area contributed by atoms with Crippen LogP contribution in [0, 0.1) is 5.92 Å². The maximum Gasteiger partial charge on any atom is 0.260 e. The molecule has 116 valence electrons. The number of nitrogens with two attached hydrogens (primary N) is 1. The van der Waals surface area contributed by atoms with Crippen LogP contribution in [0.3, 0.4) is 0 Å². The topological polar surface area (TPSA) is 88.2 Å². The summed E-state index contributed by atoms with van der Waals surface area (Å²) in [6, 6.07) is 6.86. The van der Waals surface area contributed by atoms with E-state index in [0.29, 0.717) is 30.3 Å². The van der Waals surface area contributed by atoms with Gasteiger partial charge in [-0.25, -0.2) is 0 Å². The smallest absolute Gasteiger partial charge is 0.260 e. The second kappa shape index (κ2) is 8.14. The van der Waals surface area contributed by atoms with E-state index in [1.54, 1.807) is 29.2 Å². The van der Waals surface area contributed by atoms with Gasteiger partial charge >= 0.3 is 0 Å². The summed E-state index contributed by atoms with van der Waals surface area (Å²) < 4.78 is 5.52. The number of carbonyl (C=O) groups is 1. The largest absolute Gasteiger partial charge is 0.483 e. The Bertz CT molecular complexity index is 501. The summed E-state index contributed by atoms with van der Waals surface area (Å²) in [4.78, 5) is 13.9. The molecule has 1 amide bonds. The van der Waals surface area contributed by atoms with E-state index in [0.717, 1.165) is 0 Å². The van der Waals surface area contributed by atoms with Gasteiger partial charge in [0.05, 0.1) is 5.56 Å². The van der Waals surface area contributed by atoms with E-state index in [1.807, 2.05) is 6.92 Å². The molecular weight excluding hydrogens is 270 g/mol. The molecule has 0 unspecified atom stereocenters. The highest BCUT2D eigenvalue weighted by atomic mass is 16.5. The van der Waals surface area contributed by atoms with Gasteiger partial charge in [-0.3, -0.25) is 4.79 Å². The molecule has 0 spiro atoms. The molecule has 1 aromatic rings. The number of ether oxygens (including phenoxy) is 1. The van der Waals surface area contributed by atoms with Crippen LogP contribution in [0.25, 0.3) is 0 Å². The molecule has 0 atom stereocenters. The van der Waals surface area contributed by atoms with Crippen LogP contribution in [-0.4, -0.2) is 41.5 Å². The summed E-state index contributed by atoms with van der Waals surface area (Å²) in [6.45, 7) is 7.32. The highest BCUT2D eigenvalue weighted by Gasteiger charge is 2.15. The van der Waals surface area contributed by atoms with Gasteiger partial charge in [-0.05, 0) is 25.0 Å². The SMILES string of the molecule is CCN(CC(C)C)C(=O)COc1ccccc1/C(N)=N/O. The average Bonchev–Trinajstić information content (AvgIpc) is 2.49. The third-order valence-corrected chi connectivity index (χ3v) is 2.94. The van der Waals surface area contributed by atoms with Crippen LogP contribution in [0.2, 0.25) is 0 Å². The lowest BCUT2D eigenvalue weighted by atomic mass is 10.2. The Kier molecular flexibility index (Phi) is 6.52. The van der Waals surface area contributed by atoms with Crippen molar-refractivity contribution in [3.05, 3.63) is 29.8 Å². The monoisotopic (exact) mass is 293 g/mol. The third kappa shape index (κ3) is 4.98. The molecule has 0 saturated heterocycles. The molecule has 0 bridgehead atoms. The van der Waals surface area contributed by atoms with Crippen molar-refractivity contribution in [1.82, 2.24) is 4.90 Å². The van der Waals surface area contributed by atoms with Gasteiger partial charge in [0.15, 0.2) is 12.4 Å². The van der Waals surface area contributed by atoms with Crippen LogP contribution in [0.5, 0.6) is 5.75 Å². The number of amides is 1. The lowest BCUT2D eigenvalue weighted by molar-refractivity contribution is -0.133. The van der Waals surface area contributed by atoms with Crippen LogP contribution in [-0.2, 0) is 4.79 Å². The first-order chi connectivity index (χ1) is 9.99. The number of para-hydroxylation sites is 1. The molecule has 3 N–H and O–H groups in total. The molecule has 0 aromatic heterocycles. The molecule has 0 radical (unpaired) electrons. The van der Waals surface area contributed by atoms with Crippen molar-refractivity contribution in [3.63, 3.8) is 0 Å². The Morgan fingerprint density at radius 3 is 2.67 bits per heavy atom. The Hall–Kier alpha value is -2.24. The Morgan fingerprint density at radius 2 is 2.10 bits per heavy atom. The minimum Gasteiger partial charge on any atom is -0.483 e. The molecule has 21 heavy (non-hydrogen) atoms. The molecule has 1 rings (SSSR count). The third-order valence-electron chi connectivity index (χ3n) is 2.94. The van der Waals surface area contributed by atoms with Crippen molar-refractivity contribution in [2.24, 2.45) is 16.8 Å². The molecule has 6 heteroatoms. The molecule has 0 saturated carbocycles. The molecular formula is C15H23N3O3. The van der Waals surface area contributed by atoms with Gasteiger partial charge in [0.2, 0.25) is 0 Å². The summed E-state index contributed by atoms with van der Waals surface area (Å²) in [5, 5.41) is 11.7. The van der Waals surface area contributed by atoms with Crippen molar-refractivity contribution >= 4 is 11.7 Å². The summed E-state index contributed by atoms with van der Waals surface area (Å²) in [7, 11) is 0. The molecule has 0 aliphatic heterocycles. The number of nitrogens with zero attached hydrogens (tertiary/aromatic N) is 2. The number of hydrogen-bond acceptors (Lipinski definition) is 4. The first-order valence-corrected chi connectivity index (χ1v) is 6.97. The number of benzene rings is 1. The van der Waals surface area contributed by atoms with Crippen molar-refractivity contribution in [3.8, 4) is 5.75 Å². The number of carbonyl (C=O) groups excluding carboxylic acids is 1. The highest BCUT2D eigenvalue weighted by Crippen LogP contribution is 2.17. The predicted octanol–water partition coefficient (Wildman–Crippen LogP) is 1.66. The summed E-state index contributed by atoms with van der Waals surface area (Å²) in [5.74, 6) is 0.688. The maximum absolute atomic E-state index is 12.1. The van der Waals surface area contributed by atoms with E-state index in [4.69, 9.17) is 15.7 Å². The quantitative estimate of drug-likeness (QED) is 0.346. The Labute approximate surface area is 125 Å². The van der Waals surface area contributed by atoms with Gasteiger partial charge in [-0.1, -0.05) is 31.1 Å². The second-order valence-electron chi connectivity index (χ2n) is 5.10. The van der Waals surface area contributed by atoms with E-state index in [-0.39, 0.29) is 18.3 Å². The lowest BCUT2D eigenvalue weighted by Crippen LogP contribution is -2.37. The fourth-order valence-electron chi connectivity index (χ4n) is 1.94. The van der Waals surface area contributed by atoms with Gasteiger partial charge in [0, 0.05) is 13.1 Å². The van der Waals surface area contributed by atoms with Crippen molar-refractivity contribution in [2.75, 3.05) is 19.7 Å². The summed E-state index contributed by atoms with van der Waals surface area (Å²) in [6.07, 6.45) is 0. The predicted molar refractivity (Wildman–Crippen MR) is 81.5 cm³/mol. The molecule has 0 fully saturated rings. The standard InChI is InChI=1S/C15H23N3O3/c1-4-18(9-11(2)3)14(19)10-21-13-8-6-5-7-12(13)15(16)17-20/h5-8,11,20H,4,9-10H2,1-3H3,(H2,16,17). The van der Waals surface area contributed by atoms with Crippen LogP contribution >= 0.6 is 0 Å². The van der Waals surface area contributed by atoms with Gasteiger partial charge in [0.1, 0.15) is 5.75 Å². The fourth-order valence-corrected chi connectivity index (χ4v) is 1.94. The Balaban J connectivity index is 2.73. The van der Waals surface area contributed by atoms with E-state index in [9.17, 15) is 4.79 Å². The van der Waals surface area contributed by atoms with Crippen LogP contribution in [0.4, 0.5) is 0 Å². The summed E-state index contributed by atoms with van der Waals surface area (Å²) >= 11 is 0. The first-order valence-electron chi connectivity index (χ1n) is 6.97. The van der Waals surface area contributed by atoms with Crippen LogP contribution in [0.15, 0.2) is 29.4 Å². The number of amidine groups is 1. The number of likely N-dealkylation sites (N-methyl/N-ethyl adjacent to an activating group) is 1. The normalized spacial score (nSPS) is 11.5. The van der Waals surface area contributed by atoms with Crippen molar-refractivity contribution < 1.29 is 14.7 Å². The molecule has 1 aromatic carbocycles. The fraction of sp³-hybridized carbons (Fsp3) is 0.467. The first kappa shape index (κ1) is 16.8. The zero-order chi connectivity index (χ0) is 15.8. The van der Waals surface area contributed by atoms with Crippen molar-refractivity contribution in [2.45, 2.75) is 20.8 Å². The highest BCUT2D eigenvalue weighted by molar-refractivity contribution is 5.99. The zero-order valence-corrected chi connectivity index (χ0v) is 12.7. The average molecular weight is 293 g/mol. The molecule has 0 heterocycles. The van der Waals surface area contributed by atoms with E-state index in [2.05, 4.69) is 19.0 Å². The van der Waals surface area contributed by atoms with Gasteiger partial charge < -0.3 is 20.6 Å². The van der Waals surface area contributed by atoms with Gasteiger partial charge in [-0.2, -0.15) is 0 Å². The lowest BCUT2D eigenvalue weighted by Gasteiger charge is -2.23. The Morgan fingerprint density at radius 1 is 1.43 bits per heavy atom. The van der Waals surface area contributed by atoms with E-state index in [1.165, 1.54) is 0 Å². The van der Waals surface area contributed by atoms with Crippen molar-refractivity contribution in [1.29, 1.82) is 0 Å². The maximum atomic E-state index is 12.1. The van der Waals surface area contributed by atoms with Crippen LogP contribution < -0.4 is 10.5 Å². The number of rotatable bonds is 7. The van der Waals surface area contributed by atoms with E-state index >= 15 is 0 Å². The number of oxime groups is 1. The molecule has 6 nitrogen and oxygen atoms in total. The molecule has 0 aliphatic carbocycles. The van der Waals surface area contributed by atoms with Gasteiger partial charge in [0.25, 0.3) is 5.91 Å². The zero-order valence-electron chi connectivity index (χ0n) is 12.7. The van der Waals surface area contributed by atoms with Gasteiger partial charge in [-0.15, -0.1) is 0 Å². The second-order valence-corrected chi connectivity index (χ2v) is 5.10. The minimum atomic E-state index is -0.0829. The van der Waals surface area contributed by atoms with E-state index < -0.39 is 0 Å². The van der Waals surface area contributed by atoms with Crippen LogP contribution in [0.1, 0.15) is 26.3 Å². The summed E-state index contributed by atoms with van der Waals surface area (Å²) in [5.41, 5.74) is 6.04. The minimum absolute atomic E-state index is 0.0485. The molecule has 0 aliphatic rings.